The Balaban J connectivity index is 1.88. The van der Waals surface area contributed by atoms with Crippen molar-refractivity contribution in [3.63, 3.8) is 0 Å². The zero-order chi connectivity index (χ0) is 17.6. The van der Waals surface area contributed by atoms with E-state index in [0.29, 0.717) is 24.6 Å². The number of hydrogen-bond donors (Lipinski definition) is 1. The van der Waals surface area contributed by atoms with Gasteiger partial charge in [0.2, 0.25) is 0 Å². The van der Waals surface area contributed by atoms with Gasteiger partial charge in [-0.25, -0.2) is 9.37 Å². The topological polar surface area (TPSA) is 56.1 Å². The number of halogens is 1. The highest BCUT2D eigenvalue weighted by Crippen LogP contribution is 2.21. The van der Waals surface area contributed by atoms with Crippen molar-refractivity contribution in [2.45, 2.75) is 13.5 Å². The Kier molecular flexibility index (Phi) is 5.09. The van der Waals surface area contributed by atoms with Gasteiger partial charge in [-0.15, -0.1) is 0 Å². The predicted molar refractivity (Wildman–Crippen MR) is 94.7 cm³/mol. The monoisotopic (exact) mass is 339 g/mol. The van der Waals surface area contributed by atoms with Crippen LogP contribution in [0.5, 0.6) is 5.75 Å². The van der Waals surface area contributed by atoms with Crippen molar-refractivity contribution >= 4 is 5.82 Å². The molecule has 0 radical (unpaired) electrons. The Bertz CT molecular complexity index is 907. The predicted octanol–water partition coefficient (Wildman–Crippen LogP) is 3.38. The molecule has 25 heavy (non-hydrogen) atoms. The third kappa shape index (κ3) is 3.85. The van der Waals surface area contributed by atoms with E-state index in [-0.39, 0.29) is 17.2 Å². The van der Waals surface area contributed by atoms with Crippen LogP contribution >= 0.6 is 0 Å². The number of rotatable bonds is 6. The number of benzene rings is 2. The molecule has 1 heterocycles. The first-order valence-electron chi connectivity index (χ1n) is 7.97. The summed E-state index contributed by atoms with van der Waals surface area (Å²) in [6, 6.07) is 13.4. The van der Waals surface area contributed by atoms with Crippen LogP contribution in [0.25, 0.3) is 5.69 Å². The van der Waals surface area contributed by atoms with Gasteiger partial charge in [0, 0.05) is 18.9 Å². The number of nitrogens with one attached hydrogen (secondary N) is 1. The molecule has 0 atom stereocenters. The van der Waals surface area contributed by atoms with Crippen molar-refractivity contribution in [3.05, 3.63) is 82.7 Å². The van der Waals surface area contributed by atoms with Crippen molar-refractivity contribution in [1.82, 2.24) is 9.55 Å². The van der Waals surface area contributed by atoms with E-state index in [2.05, 4.69) is 10.3 Å². The zero-order valence-corrected chi connectivity index (χ0v) is 13.8. The molecule has 3 rings (SSSR count). The van der Waals surface area contributed by atoms with Gasteiger partial charge in [0.15, 0.2) is 5.82 Å². The Morgan fingerprint density at radius 1 is 1.16 bits per heavy atom. The minimum Gasteiger partial charge on any atom is -0.492 e. The number of para-hydroxylation sites is 2. The minimum atomic E-state index is -0.295. The van der Waals surface area contributed by atoms with Gasteiger partial charge in [-0.05, 0) is 36.8 Å². The molecule has 6 heteroatoms. The lowest BCUT2D eigenvalue weighted by atomic mass is 10.2. The molecule has 2 aromatic carbocycles. The van der Waals surface area contributed by atoms with Crippen molar-refractivity contribution < 1.29 is 9.13 Å². The van der Waals surface area contributed by atoms with Crippen LogP contribution in [0.2, 0.25) is 0 Å². The summed E-state index contributed by atoms with van der Waals surface area (Å²) in [5.41, 5.74) is 1.23. The standard InChI is InChI=1S/C19H18FN3O2/c1-2-25-17-6-4-3-5-16(17)23-12-11-21-18(19(23)24)22-13-14-7-9-15(20)10-8-14/h3-12H,2,13H2,1H3,(H,21,22). The Hall–Kier alpha value is -3.15. The second-order valence-electron chi connectivity index (χ2n) is 5.33. The van der Waals surface area contributed by atoms with E-state index in [0.717, 1.165) is 5.56 Å². The van der Waals surface area contributed by atoms with Gasteiger partial charge in [-0.1, -0.05) is 24.3 Å². The first kappa shape index (κ1) is 16.7. The normalized spacial score (nSPS) is 10.5. The molecular weight excluding hydrogens is 321 g/mol. The summed E-state index contributed by atoms with van der Waals surface area (Å²) < 4.78 is 20.0. The Labute approximate surface area is 144 Å². The maximum atomic E-state index is 13.0. The second-order valence-corrected chi connectivity index (χ2v) is 5.33. The van der Waals surface area contributed by atoms with Crippen molar-refractivity contribution in [1.29, 1.82) is 0 Å². The molecule has 0 aliphatic rings. The van der Waals surface area contributed by atoms with E-state index in [1.165, 1.54) is 16.7 Å². The number of aromatic nitrogens is 2. The van der Waals surface area contributed by atoms with Crippen molar-refractivity contribution in [2.75, 3.05) is 11.9 Å². The van der Waals surface area contributed by atoms with Crippen LogP contribution in [0.3, 0.4) is 0 Å². The lowest BCUT2D eigenvalue weighted by Gasteiger charge is -2.13. The van der Waals surface area contributed by atoms with Crippen LogP contribution in [0, 0.1) is 5.82 Å². The van der Waals surface area contributed by atoms with Crippen LogP contribution < -0.4 is 15.6 Å². The molecule has 0 bridgehead atoms. The molecule has 0 saturated carbocycles. The molecule has 3 aromatic rings. The number of ether oxygens (including phenoxy) is 1. The van der Waals surface area contributed by atoms with Crippen molar-refractivity contribution in [3.8, 4) is 11.4 Å². The largest absolute Gasteiger partial charge is 0.492 e. The first-order valence-corrected chi connectivity index (χ1v) is 7.97. The fourth-order valence-electron chi connectivity index (χ4n) is 2.44. The molecule has 1 N–H and O–H groups in total. The van der Waals surface area contributed by atoms with E-state index in [1.807, 2.05) is 31.2 Å². The van der Waals surface area contributed by atoms with Crippen LogP contribution in [-0.2, 0) is 6.54 Å². The molecule has 0 aliphatic heterocycles. The smallest absolute Gasteiger partial charge is 0.297 e. The van der Waals surface area contributed by atoms with E-state index in [1.54, 1.807) is 24.5 Å². The lowest BCUT2D eigenvalue weighted by Crippen LogP contribution is -2.23. The van der Waals surface area contributed by atoms with E-state index >= 15 is 0 Å². The summed E-state index contributed by atoms with van der Waals surface area (Å²) in [7, 11) is 0. The number of anilines is 1. The van der Waals surface area contributed by atoms with Crippen LogP contribution in [-0.4, -0.2) is 16.2 Å². The van der Waals surface area contributed by atoms with Gasteiger partial charge >= 0.3 is 0 Å². The average Bonchev–Trinajstić information content (AvgIpc) is 2.63. The van der Waals surface area contributed by atoms with Gasteiger partial charge in [-0.2, -0.15) is 0 Å². The van der Waals surface area contributed by atoms with Crippen molar-refractivity contribution in [2.24, 2.45) is 0 Å². The highest BCUT2D eigenvalue weighted by atomic mass is 19.1. The molecule has 0 fully saturated rings. The molecule has 0 aliphatic carbocycles. The van der Waals surface area contributed by atoms with Gasteiger partial charge in [0.05, 0.1) is 12.3 Å². The Morgan fingerprint density at radius 3 is 2.68 bits per heavy atom. The summed E-state index contributed by atoms with van der Waals surface area (Å²) >= 11 is 0. The highest BCUT2D eigenvalue weighted by molar-refractivity contribution is 5.48. The van der Waals surface area contributed by atoms with E-state index in [9.17, 15) is 9.18 Å². The van der Waals surface area contributed by atoms with Gasteiger partial charge < -0.3 is 10.1 Å². The minimum absolute atomic E-state index is 0.220. The molecule has 0 amide bonds. The van der Waals surface area contributed by atoms with Gasteiger partial charge in [0.1, 0.15) is 11.6 Å². The Morgan fingerprint density at radius 2 is 1.92 bits per heavy atom. The summed E-state index contributed by atoms with van der Waals surface area (Å²) in [6.07, 6.45) is 3.15. The molecule has 0 saturated heterocycles. The van der Waals surface area contributed by atoms with Gasteiger partial charge in [-0.3, -0.25) is 9.36 Å². The summed E-state index contributed by atoms with van der Waals surface area (Å²) in [5.74, 6) is 0.553. The molecule has 1 aromatic heterocycles. The molecule has 5 nitrogen and oxygen atoms in total. The number of nitrogens with zero attached hydrogens (tertiary/aromatic N) is 2. The summed E-state index contributed by atoms with van der Waals surface area (Å²) in [4.78, 5) is 16.8. The molecule has 0 spiro atoms. The maximum absolute atomic E-state index is 13.0. The third-order valence-corrected chi connectivity index (χ3v) is 3.64. The first-order chi connectivity index (χ1) is 12.2. The summed E-state index contributed by atoms with van der Waals surface area (Å²) in [6.45, 7) is 2.77. The SMILES string of the molecule is CCOc1ccccc1-n1ccnc(NCc2ccc(F)cc2)c1=O. The highest BCUT2D eigenvalue weighted by Gasteiger charge is 2.10. The van der Waals surface area contributed by atoms with Gasteiger partial charge in [0.25, 0.3) is 5.56 Å². The molecule has 128 valence electrons. The maximum Gasteiger partial charge on any atom is 0.297 e. The zero-order valence-electron chi connectivity index (χ0n) is 13.8. The molecular formula is C19H18FN3O2. The van der Waals surface area contributed by atoms with E-state index < -0.39 is 0 Å². The fraction of sp³-hybridized carbons (Fsp3) is 0.158. The fourth-order valence-corrected chi connectivity index (χ4v) is 2.44. The van der Waals surface area contributed by atoms with E-state index in [4.69, 9.17) is 4.74 Å². The average molecular weight is 339 g/mol. The second kappa shape index (κ2) is 7.61. The molecule has 0 unspecified atom stereocenters. The number of hydrogen-bond acceptors (Lipinski definition) is 4. The quantitative estimate of drug-likeness (QED) is 0.748. The van der Waals surface area contributed by atoms with Crippen LogP contribution in [0.1, 0.15) is 12.5 Å². The third-order valence-electron chi connectivity index (χ3n) is 3.64. The van der Waals surface area contributed by atoms with Crippen LogP contribution in [0.15, 0.2) is 65.7 Å². The lowest BCUT2D eigenvalue weighted by molar-refractivity contribution is 0.339. The van der Waals surface area contributed by atoms with Crippen LogP contribution in [0.4, 0.5) is 10.2 Å². The summed E-state index contributed by atoms with van der Waals surface area (Å²) in [5, 5.41) is 3.00.